The molecule has 0 amide bonds. The first-order chi connectivity index (χ1) is 24.7. The van der Waals surface area contributed by atoms with Gasteiger partial charge >= 0.3 is 0 Å². The maximum Gasteiger partial charge on any atom is 0.227 e. The van der Waals surface area contributed by atoms with E-state index in [1.165, 1.54) is 0 Å². The molecule has 234 valence electrons. The molecule has 2 aliphatic heterocycles. The van der Waals surface area contributed by atoms with E-state index in [2.05, 4.69) is 12.1 Å². The van der Waals surface area contributed by atoms with E-state index in [0.717, 1.165) is 22.3 Å². The zero-order valence-electron chi connectivity index (χ0n) is 26.8. The highest BCUT2D eigenvalue weighted by atomic mass is 15.3. The van der Waals surface area contributed by atoms with E-state index in [4.69, 9.17) is 20.0 Å². The van der Waals surface area contributed by atoms with Crippen molar-refractivity contribution in [2.45, 2.75) is 11.3 Å². The van der Waals surface area contributed by atoms with Crippen molar-refractivity contribution < 1.29 is 0 Å². The van der Waals surface area contributed by atoms with Crippen LogP contribution in [0.1, 0.15) is 44.5 Å². The smallest absolute Gasteiger partial charge is 0.227 e. The second-order valence-electron chi connectivity index (χ2n) is 12.0. The first-order valence-electron chi connectivity index (χ1n) is 16.3. The first kappa shape index (κ1) is 30.3. The van der Waals surface area contributed by atoms with Gasteiger partial charge in [-0.3, -0.25) is 0 Å². The number of nitriles is 2. The minimum atomic E-state index is -1.65. The van der Waals surface area contributed by atoms with E-state index in [1.54, 1.807) is 12.1 Å². The zero-order valence-corrected chi connectivity index (χ0v) is 26.8. The average molecular weight is 641 g/mol. The maximum atomic E-state index is 10.6. The van der Waals surface area contributed by atoms with Crippen LogP contribution in [0.3, 0.4) is 0 Å². The van der Waals surface area contributed by atoms with Gasteiger partial charge in [0, 0.05) is 33.4 Å². The van der Waals surface area contributed by atoms with Crippen molar-refractivity contribution in [3.8, 4) is 12.1 Å². The number of benzene rings is 6. The molecule has 2 aliphatic rings. The summed E-state index contributed by atoms with van der Waals surface area (Å²) in [6, 6.07) is 59.2. The molecule has 0 spiro atoms. The Balaban J connectivity index is 1.58. The number of hydrogen-bond donors (Lipinski definition) is 0. The Hall–Kier alpha value is -7.02. The van der Waals surface area contributed by atoms with E-state index in [0.29, 0.717) is 45.1 Å². The molecule has 6 nitrogen and oxygen atoms in total. The molecule has 0 fully saturated rings. The number of aliphatic imine (C=N–C) groups is 4. The highest BCUT2D eigenvalue weighted by molar-refractivity contribution is 6.55. The standard InChI is InChI=1S/C44H28N6/c45-29-35-25-13-15-27-37(35)43(47-39(31-17-5-1-6-18-31)40(48-43)32-19-7-2-8-20-32)44(38-28-16-14-26-36(38)30-46)49-41(33-21-9-3-10-22-33)42(50-44)34-23-11-4-12-24-34/h1-28H. The minimum Gasteiger partial charge on any atom is -0.243 e. The normalized spacial score (nSPS) is 15.6. The summed E-state index contributed by atoms with van der Waals surface area (Å²) in [4.78, 5) is 22.5. The van der Waals surface area contributed by atoms with Gasteiger partial charge in [0.05, 0.1) is 46.1 Å². The van der Waals surface area contributed by atoms with Crippen LogP contribution in [0.25, 0.3) is 0 Å². The third-order valence-electron chi connectivity index (χ3n) is 9.06. The molecule has 50 heavy (non-hydrogen) atoms. The van der Waals surface area contributed by atoms with Gasteiger partial charge in [-0.05, 0) is 12.1 Å². The van der Waals surface area contributed by atoms with E-state index in [1.807, 2.05) is 158 Å². The lowest BCUT2D eigenvalue weighted by Crippen LogP contribution is -2.44. The van der Waals surface area contributed by atoms with Gasteiger partial charge in [-0.1, -0.05) is 158 Å². The minimum absolute atomic E-state index is 0.385. The Labute approximate surface area is 290 Å². The van der Waals surface area contributed by atoms with Crippen molar-refractivity contribution in [3.63, 3.8) is 0 Å². The van der Waals surface area contributed by atoms with Gasteiger partial charge in [0.25, 0.3) is 0 Å². The van der Waals surface area contributed by atoms with Crippen LogP contribution in [0, 0.1) is 22.7 Å². The van der Waals surface area contributed by atoms with Crippen LogP contribution in [0.15, 0.2) is 190 Å². The van der Waals surface area contributed by atoms with Crippen LogP contribution >= 0.6 is 0 Å². The highest BCUT2D eigenvalue weighted by Crippen LogP contribution is 2.55. The largest absolute Gasteiger partial charge is 0.243 e. The van der Waals surface area contributed by atoms with Crippen LogP contribution in [0.4, 0.5) is 0 Å². The summed E-state index contributed by atoms with van der Waals surface area (Å²) < 4.78 is 0. The molecule has 0 atom stereocenters. The molecule has 0 saturated heterocycles. The Morgan fingerprint density at radius 1 is 0.320 bits per heavy atom. The summed E-state index contributed by atoms with van der Waals surface area (Å²) in [7, 11) is 0. The van der Waals surface area contributed by atoms with Gasteiger partial charge in [0.1, 0.15) is 0 Å². The summed E-state index contributed by atoms with van der Waals surface area (Å²) in [5.74, 6) is 0. The lowest BCUT2D eigenvalue weighted by molar-refractivity contribution is 0.256. The maximum absolute atomic E-state index is 10.6. The topological polar surface area (TPSA) is 97.0 Å². The number of rotatable bonds is 7. The number of nitrogens with zero attached hydrogens (tertiary/aromatic N) is 6. The fraction of sp³-hybridized carbons (Fsp3) is 0.0455. The van der Waals surface area contributed by atoms with Crippen molar-refractivity contribution in [1.82, 2.24) is 0 Å². The predicted octanol–water partition coefficient (Wildman–Crippen LogP) is 8.42. The molecule has 2 heterocycles. The van der Waals surface area contributed by atoms with Crippen LogP contribution in [0.2, 0.25) is 0 Å². The van der Waals surface area contributed by atoms with Crippen LogP contribution in [0.5, 0.6) is 0 Å². The van der Waals surface area contributed by atoms with Crippen molar-refractivity contribution in [1.29, 1.82) is 10.5 Å². The van der Waals surface area contributed by atoms with Crippen molar-refractivity contribution >= 4 is 22.8 Å². The van der Waals surface area contributed by atoms with Gasteiger partial charge in [0.2, 0.25) is 11.3 Å². The summed E-state index contributed by atoms with van der Waals surface area (Å²) in [6.45, 7) is 0. The lowest BCUT2D eigenvalue weighted by atomic mass is 9.79. The molecule has 0 aromatic heterocycles. The van der Waals surface area contributed by atoms with Gasteiger partial charge < -0.3 is 0 Å². The molecule has 0 N–H and O–H groups in total. The summed E-state index contributed by atoms with van der Waals surface area (Å²) in [5, 5.41) is 21.3. The fourth-order valence-corrected chi connectivity index (χ4v) is 6.80. The summed E-state index contributed by atoms with van der Waals surface area (Å²) in [6.07, 6.45) is 0. The summed E-state index contributed by atoms with van der Waals surface area (Å²) >= 11 is 0. The molecule has 6 aromatic rings. The first-order valence-corrected chi connectivity index (χ1v) is 16.3. The van der Waals surface area contributed by atoms with Crippen LogP contribution < -0.4 is 0 Å². The Kier molecular flexibility index (Phi) is 7.60. The molecule has 0 saturated carbocycles. The second-order valence-corrected chi connectivity index (χ2v) is 12.0. The Bertz CT molecular complexity index is 2150. The van der Waals surface area contributed by atoms with Gasteiger partial charge in [0.15, 0.2) is 0 Å². The third kappa shape index (κ3) is 4.87. The van der Waals surface area contributed by atoms with Crippen molar-refractivity contribution in [2.75, 3.05) is 0 Å². The molecule has 0 bridgehead atoms. The molecule has 6 heteroatoms. The Morgan fingerprint density at radius 3 is 0.820 bits per heavy atom. The molecule has 0 radical (unpaired) electrons. The second kappa shape index (κ2) is 12.5. The van der Waals surface area contributed by atoms with E-state index >= 15 is 0 Å². The number of hydrogen-bond acceptors (Lipinski definition) is 6. The SMILES string of the molecule is N#Cc1ccccc1C1(C2(c3ccccc3C#N)N=C(c3ccccc3)C(c3ccccc3)=N2)N=C(c2ccccc2)C(c2ccccc2)=N1. The molecule has 0 aliphatic carbocycles. The summed E-state index contributed by atoms with van der Waals surface area (Å²) in [5.41, 5.74) is 4.49. The predicted molar refractivity (Wildman–Crippen MR) is 198 cm³/mol. The molecule has 0 unspecified atom stereocenters. The molecule has 6 aromatic carbocycles. The van der Waals surface area contributed by atoms with E-state index < -0.39 is 11.3 Å². The quantitative estimate of drug-likeness (QED) is 0.175. The molecular weight excluding hydrogens is 613 g/mol. The Morgan fingerprint density at radius 2 is 0.560 bits per heavy atom. The zero-order chi connectivity index (χ0) is 34.0. The van der Waals surface area contributed by atoms with Crippen molar-refractivity contribution in [3.05, 3.63) is 214 Å². The third-order valence-corrected chi connectivity index (χ3v) is 9.06. The van der Waals surface area contributed by atoms with E-state index in [9.17, 15) is 10.5 Å². The fourth-order valence-electron chi connectivity index (χ4n) is 6.80. The average Bonchev–Trinajstić information content (AvgIpc) is 3.82. The van der Waals surface area contributed by atoms with E-state index in [-0.39, 0.29) is 0 Å². The monoisotopic (exact) mass is 640 g/mol. The highest BCUT2D eigenvalue weighted by Gasteiger charge is 2.61. The molecule has 8 rings (SSSR count). The van der Waals surface area contributed by atoms with Gasteiger partial charge in [-0.2, -0.15) is 10.5 Å². The van der Waals surface area contributed by atoms with Gasteiger partial charge in [-0.25, -0.2) is 20.0 Å². The molecular formula is C44H28N6. The van der Waals surface area contributed by atoms with Crippen LogP contribution in [-0.4, -0.2) is 22.8 Å². The van der Waals surface area contributed by atoms with Crippen LogP contribution in [-0.2, 0) is 11.3 Å². The van der Waals surface area contributed by atoms with Crippen molar-refractivity contribution in [2.24, 2.45) is 20.0 Å². The van der Waals surface area contributed by atoms with Gasteiger partial charge in [-0.15, -0.1) is 0 Å². The lowest BCUT2D eigenvalue weighted by Gasteiger charge is -2.39.